The lowest BCUT2D eigenvalue weighted by Gasteiger charge is -2.43. The Balaban J connectivity index is 1.60. The maximum absolute atomic E-state index is 14.5. The molecule has 8 nitrogen and oxygen atoms in total. The minimum atomic E-state index is -4.61. The molecule has 4 heterocycles. The molecule has 0 saturated carbocycles. The molecular formula is C22H21F6N7O. The minimum Gasteiger partial charge on any atom is -0.352 e. The average molecular weight is 513 g/mol. The largest absolute Gasteiger partial charge is 0.419 e. The Hall–Kier alpha value is -3.71. The fourth-order valence-corrected chi connectivity index (χ4v) is 4.15. The van der Waals surface area contributed by atoms with Crippen LogP contribution in [0.25, 0.3) is 11.3 Å². The normalized spacial score (nSPS) is 19.8. The summed E-state index contributed by atoms with van der Waals surface area (Å²) in [5, 5.41) is 6.87. The van der Waals surface area contributed by atoms with Crippen molar-refractivity contribution in [3.05, 3.63) is 54.0 Å². The third-order valence-corrected chi connectivity index (χ3v) is 5.82. The van der Waals surface area contributed by atoms with Crippen molar-refractivity contribution in [3.8, 4) is 11.3 Å². The van der Waals surface area contributed by atoms with Gasteiger partial charge in [-0.05, 0) is 18.1 Å². The number of nitrogens with zero attached hydrogens (tertiary/aromatic N) is 6. The van der Waals surface area contributed by atoms with Gasteiger partial charge in [-0.3, -0.25) is 14.5 Å². The highest BCUT2D eigenvalue weighted by molar-refractivity contribution is 5.98. The van der Waals surface area contributed by atoms with E-state index < -0.39 is 54.3 Å². The van der Waals surface area contributed by atoms with Crippen LogP contribution in [0.3, 0.4) is 0 Å². The van der Waals surface area contributed by atoms with Crippen molar-refractivity contribution in [1.29, 1.82) is 0 Å². The van der Waals surface area contributed by atoms with Crippen molar-refractivity contribution >= 4 is 11.9 Å². The third-order valence-electron chi connectivity index (χ3n) is 5.82. The molecule has 14 heteroatoms. The van der Waals surface area contributed by atoms with E-state index in [1.807, 2.05) is 0 Å². The molecule has 0 aromatic carbocycles. The Morgan fingerprint density at radius 1 is 1.17 bits per heavy atom. The van der Waals surface area contributed by atoms with Crippen molar-refractivity contribution in [3.63, 3.8) is 0 Å². The highest BCUT2D eigenvalue weighted by Crippen LogP contribution is 2.36. The number of halogens is 6. The van der Waals surface area contributed by atoms with Crippen LogP contribution < -0.4 is 5.32 Å². The second kappa shape index (κ2) is 9.39. The summed E-state index contributed by atoms with van der Waals surface area (Å²) >= 11 is 0. The molecule has 0 radical (unpaired) electrons. The van der Waals surface area contributed by atoms with Crippen LogP contribution in [0, 0.1) is 11.7 Å². The molecule has 0 spiro atoms. The molecule has 36 heavy (non-hydrogen) atoms. The molecule has 0 bridgehead atoms. The molecule has 3 aromatic rings. The average Bonchev–Trinajstić information content (AvgIpc) is 3.19. The number of rotatable bonds is 5. The third kappa shape index (κ3) is 5.41. The van der Waals surface area contributed by atoms with Crippen LogP contribution in [0.15, 0.2) is 36.9 Å². The number of alkyl halides is 5. The van der Waals surface area contributed by atoms with Crippen LogP contribution in [0.2, 0.25) is 0 Å². The summed E-state index contributed by atoms with van der Waals surface area (Å²) in [6, 6.07) is 1.72. The Labute approximate surface area is 201 Å². The lowest BCUT2D eigenvalue weighted by molar-refractivity contribution is -0.138. The maximum atomic E-state index is 14.5. The van der Waals surface area contributed by atoms with Gasteiger partial charge in [0.25, 0.3) is 11.8 Å². The van der Waals surface area contributed by atoms with Gasteiger partial charge >= 0.3 is 6.18 Å². The van der Waals surface area contributed by atoms with Crippen LogP contribution in [0.1, 0.15) is 29.4 Å². The van der Waals surface area contributed by atoms with Gasteiger partial charge in [0, 0.05) is 38.6 Å². The van der Waals surface area contributed by atoms with Gasteiger partial charge in [-0.25, -0.2) is 23.1 Å². The molecule has 1 amide bonds. The Kier molecular flexibility index (Phi) is 6.62. The molecule has 1 saturated heterocycles. The molecule has 4 rings (SSSR count). The highest BCUT2D eigenvalue weighted by atomic mass is 19.4. The Bertz CT molecular complexity index is 1230. The van der Waals surface area contributed by atoms with E-state index in [0.29, 0.717) is 12.4 Å². The number of nitrogens with one attached hydrogen (secondary N) is 1. The number of pyridine rings is 1. The number of likely N-dealkylation sites (tertiary alicyclic amines) is 1. The molecule has 2 atom stereocenters. The summed E-state index contributed by atoms with van der Waals surface area (Å²) in [5.41, 5.74) is -0.704. The van der Waals surface area contributed by atoms with Gasteiger partial charge in [0.1, 0.15) is 5.82 Å². The van der Waals surface area contributed by atoms with Gasteiger partial charge in [0.15, 0.2) is 5.69 Å². The van der Waals surface area contributed by atoms with E-state index in [1.54, 1.807) is 6.92 Å². The number of amides is 1. The van der Waals surface area contributed by atoms with Gasteiger partial charge in [-0.15, -0.1) is 0 Å². The second-order valence-electron chi connectivity index (χ2n) is 8.64. The van der Waals surface area contributed by atoms with Crippen molar-refractivity contribution < 1.29 is 31.1 Å². The fourth-order valence-electron chi connectivity index (χ4n) is 4.15. The first-order valence-corrected chi connectivity index (χ1v) is 10.8. The van der Waals surface area contributed by atoms with Crippen LogP contribution in [0.4, 0.5) is 32.3 Å². The number of carbonyl (C=O) groups excluding carboxylic acids is 1. The summed E-state index contributed by atoms with van der Waals surface area (Å²) in [6.07, 6.45) is -1.46. The van der Waals surface area contributed by atoms with Crippen molar-refractivity contribution in [2.45, 2.75) is 31.5 Å². The molecule has 1 aliphatic heterocycles. The molecule has 0 aliphatic carbocycles. The van der Waals surface area contributed by atoms with Gasteiger partial charge < -0.3 is 10.2 Å². The SMILES string of the molecule is C[C@@H]1CC(F)(F)CN(C(=O)c2nn(C)cc2-c2ccc(F)cn2)C1CNc1ncc(C(F)(F)F)cn1. The quantitative estimate of drug-likeness (QED) is 0.519. The first kappa shape index (κ1) is 25.4. The van der Waals surface area contributed by atoms with Crippen molar-refractivity contribution in [1.82, 2.24) is 29.6 Å². The lowest BCUT2D eigenvalue weighted by atomic mass is 9.88. The summed E-state index contributed by atoms with van der Waals surface area (Å²) in [5.74, 6) is -5.37. The molecule has 192 valence electrons. The van der Waals surface area contributed by atoms with E-state index >= 15 is 0 Å². The van der Waals surface area contributed by atoms with Crippen molar-refractivity contribution in [2.24, 2.45) is 13.0 Å². The van der Waals surface area contributed by atoms with Gasteiger partial charge in [0.2, 0.25) is 5.95 Å². The van der Waals surface area contributed by atoms with E-state index in [0.717, 1.165) is 17.2 Å². The number of carbonyl (C=O) groups is 1. The lowest BCUT2D eigenvalue weighted by Crippen LogP contribution is -2.57. The van der Waals surface area contributed by atoms with E-state index in [1.165, 1.54) is 24.0 Å². The summed E-state index contributed by atoms with van der Waals surface area (Å²) in [4.78, 5) is 25.7. The summed E-state index contributed by atoms with van der Waals surface area (Å²) in [6.45, 7) is 0.572. The van der Waals surface area contributed by atoms with E-state index in [2.05, 4.69) is 25.4 Å². The molecular weight excluding hydrogens is 492 g/mol. The topological polar surface area (TPSA) is 88.8 Å². The zero-order valence-corrected chi connectivity index (χ0v) is 19.1. The first-order chi connectivity index (χ1) is 16.8. The van der Waals surface area contributed by atoms with Crippen LogP contribution in [-0.2, 0) is 13.2 Å². The monoisotopic (exact) mass is 513 g/mol. The molecule has 1 aliphatic rings. The van der Waals surface area contributed by atoms with Crippen LogP contribution in [-0.4, -0.2) is 60.6 Å². The predicted molar refractivity (Wildman–Crippen MR) is 115 cm³/mol. The highest BCUT2D eigenvalue weighted by Gasteiger charge is 2.47. The number of aromatic nitrogens is 5. The molecule has 1 unspecified atom stereocenters. The zero-order valence-electron chi connectivity index (χ0n) is 19.1. The fraction of sp³-hybridized carbons (Fsp3) is 0.409. The summed E-state index contributed by atoms with van der Waals surface area (Å²) < 4.78 is 81.9. The smallest absolute Gasteiger partial charge is 0.352 e. The van der Waals surface area contributed by atoms with Gasteiger partial charge in [-0.2, -0.15) is 18.3 Å². The number of hydrogen-bond donors (Lipinski definition) is 1. The summed E-state index contributed by atoms with van der Waals surface area (Å²) in [7, 11) is 1.54. The first-order valence-electron chi connectivity index (χ1n) is 10.8. The van der Waals surface area contributed by atoms with Crippen LogP contribution >= 0.6 is 0 Å². The Morgan fingerprint density at radius 3 is 2.47 bits per heavy atom. The van der Waals surface area contributed by atoms with Gasteiger partial charge in [-0.1, -0.05) is 6.92 Å². The Morgan fingerprint density at radius 2 is 1.86 bits per heavy atom. The second-order valence-corrected chi connectivity index (χ2v) is 8.64. The number of anilines is 1. The van der Waals surface area contributed by atoms with E-state index in [9.17, 15) is 31.1 Å². The van der Waals surface area contributed by atoms with Gasteiger partial charge in [0.05, 0.1) is 35.6 Å². The molecule has 3 aromatic heterocycles. The van der Waals surface area contributed by atoms with E-state index in [-0.39, 0.29) is 29.4 Å². The number of hydrogen-bond acceptors (Lipinski definition) is 6. The number of aryl methyl sites for hydroxylation is 1. The van der Waals surface area contributed by atoms with Crippen molar-refractivity contribution in [2.75, 3.05) is 18.4 Å². The standard InChI is InChI=1S/C22H21F6N7O/c1-12-5-21(24,25)11-35(17(12)9-32-20-30-6-13(7-31-20)22(26,27)28)19(36)18-15(10-34(2)33-18)16-4-3-14(23)8-29-16/h3-4,6-8,10,12,17H,5,9,11H2,1-2H3,(H,30,31,32)/t12-,17?/m1/s1. The molecule has 1 fully saturated rings. The van der Waals surface area contributed by atoms with Crippen LogP contribution in [0.5, 0.6) is 0 Å². The van der Waals surface area contributed by atoms with E-state index in [4.69, 9.17) is 0 Å². The maximum Gasteiger partial charge on any atom is 0.419 e. The predicted octanol–water partition coefficient (Wildman–Crippen LogP) is 4.03. The minimum absolute atomic E-state index is 0.0919. The zero-order chi connectivity index (χ0) is 26.3. The number of piperidine rings is 1. The molecule has 1 N–H and O–H groups in total.